The van der Waals surface area contributed by atoms with Crippen LogP contribution in [0.15, 0.2) is 42.5 Å². The predicted octanol–water partition coefficient (Wildman–Crippen LogP) is 6.23. The summed E-state index contributed by atoms with van der Waals surface area (Å²) < 4.78 is 5.85. The molecule has 1 N–H and O–H groups in total. The normalized spacial score (nSPS) is 27.1. The fourth-order valence-corrected chi connectivity index (χ4v) is 6.49. The highest BCUT2D eigenvalue weighted by Crippen LogP contribution is 2.50. The van der Waals surface area contributed by atoms with E-state index in [0.717, 1.165) is 69.7 Å². The maximum atomic E-state index is 12.8. The highest BCUT2D eigenvalue weighted by atomic mass is 16.5. The molecule has 0 spiro atoms. The number of hydrogen-bond donors (Lipinski definition) is 1. The largest absolute Gasteiger partial charge is 0.494 e. The average molecular weight is 463 g/mol. The van der Waals surface area contributed by atoms with Crippen molar-refractivity contribution in [2.45, 2.75) is 65.0 Å². The van der Waals surface area contributed by atoms with Gasteiger partial charge in [-0.15, -0.1) is 0 Å². The number of fused-ring (bicyclic) bond motifs is 4. The van der Waals surface area contributed by atoms with E-state index in [1.54, 1.807) is 0 Å². The van der Waals surface area contributed by atoms with Crippen molar-refractivity contribution in [2.75, 3.05) is 26.2 Å². The van der Waals surface area contributed by atoms with E-state index in [4.69, 9.17) is 4.74 Å². The molecule has 3 fully saturated rings. The average Bonchev–Trinajstić information content (AvgIpc) is 2.85. The van der Waals surface area contributed by atoms with E-state index < -0.39 is 6.09 Å². The van der Waals surface area contributed by atoms with Gasteiger partial charge in [-0.3, -0.25) is 4.90 Å². The van der Waals surface area contributed by atoms with Gasteiger partial charge in [0.1, 0.15) is 5.75 Å². The molecule has 2 atom stereocenters. The Labute approximate surface area is 203 Å². The van der Waals surface area contributed by atoms with Crippen molar-refractivity contribution in [2.24, 2.45) is 11.3 Å². The van der Waals surface area contributed by atoms with Crippen LogP contribution in [0.2, 0.25) is 0 Å². The number of benzene rings is 2. The van der Waals surface area contributed by atoms with Crippen LogP contribution < -0.4 is 4.74 Å². The predicted molar refractivity (Wildman–Crippen MR) is 135 cm³/mol. The SMILES string of the molecule is CCCOc1cccc(-c2ccc3c(c2)CCC(C)(C)[C@H]3N(C(=O)O)[C@@H]2CN3CCC2CC3)c1. The summed E-state index contributed by atoms with van der Waals surface area (Å²) in [5, 5.41) is 10.5. The smallest absolute Gasteiger partial charge is 0.408 e. The van der Waals surface area contributed by atoms with E-state index in [0.29, 0.717) is 5.92 Å². The minimum absolute atomic E-state index is 0.0855. The Kier molecular flexibility index (Phi) is 6.32. The maximum Gasteiger partial charge on any atom is 0.408 e. The molecule has 0 radical (unpaired) electrons. The molecule has 3 heterocycles. The van der Waals surface area contributed by atoms with Crippen molar-refractivity contribution in [3.8, 4) is 16.9 Å². The second-order valence-electron chi connectivity index (χ2n) is 11.1. The third kappa shape index (κ3) is 4.31. The molecular formula is C29H38N2O3. The first-order valence-electron chi connectivity index (χ1n) is 13.0. The first kappa shape index (κ1) is 23.2. The fraction of sp³-hybridized carbons (Fsp3) is 0.552. The summed E-state index contributed by atoms with van der Waals surface area (Å²) in [5.41, 5.74) is 4.69. The summed E-state index contributed by atoms with van der Waals surface area (Å²) in [7, 11) is 0. The molecule has 2 aromatic rings. The molecule has 182 valence electrons. The maximum absolute atomic E-state index is 12.8. The van der Waals surface area contributed by atoms with Crippen LogP contribution >= 0.6 is 0 Å². The van der Waals surface area contributed by atoms with Gasteiger partial charge in [0.2, 0.25) is 0 Å². The van der Waals surface area contributed by atoms with E-state index in [9.17, 15) is 9.90 Å². The second-order valence-corrected chi connectivity index (χ2v) is 11.1. The van der Waals surface area contributed by atoms with Crippen LogP contribution in [0.5, 0.6) is 5.75 Å². The van der Waals surface area contributed by atoms with Gasteiger partial charge in [-0.1, -0.05) is 51.1 Å². The van der Waals surface area contributed by atoms with E-state index >= 15 is 0 Å². The summed E-state index contributed by atoms with van der Waals surface area (Å²) in [6, 6.07) is 14.9. The zero-order valence-corrected chi connectivity index (χ0v) is 20.8. The summed E-state index contributed by atoms with van der Waals surface area (Å²) in [6.07, 6.45) is 4.41. The van der Waals surface area contributed by atoms with E-state index in [1.165, 1.54) is 16.7 Å². The van der Waals surface area contributed by atoms with Crippen LogP contribution in [0.4, 0.5) is 4.79 Å². The molecule has 2 bridgehead atoms. The third-order valence-corrected chi connectivity index (χ3v) is 8.33. The van der Waals surface area contributed by atoms with Crippen LogP contribution in [0.25, 0.3) is 11.1 Å². The number of aryl methyl sites for hydroxylation is 1. The Morgan fingerprint density at radius 3 is 2.59 bits per heavy atom. The van der Waals surface area contributed by atoms with E-state index in [1.807, 2.05) is 17.0 Å². The molecule has 1 aliphatic carbocycles. The lowest BCUT2D eigenvalue weighted by Gasteiger charge is -2.54. The Morgan fingerprint density at radius 1 is 1.15 bits per heavy atom. The highest BCUT2D eigenvalue weighted by Gasteiger charge is 2.48. The number of ether oxygens (including phenoxy) is 1. The topological polar surface area (TPSA) is 53.0 Å². The fourth-order valence-electron chi connectivity index (χ4n) is 6.49. The zero-order valence-electron chi connectivity index (χ0n) is 20.8. The van der Waals surface area contributed by atoms with Crippen LogP contribution in [-0.4, -0.2) is 53.3 Å². The molecule has 1 amide bonds. The van der Waals surface area contributed by atoms with Gasteiger partial charge < -0.3 is 14.7 Å². The lowest BCUT2D eigenvalue weighted by Crippen LogP contribution is -2.61. The molecule has 0 aromatic heterocycles. The highest BCUT2D eigenvalue weighted by molar-refractivity contribution is 5.69. The van der Waals surface area contributed by atoms with Crippen molar-refractivity contribution in [3.05, 3.63) is 53.6 Å². The van der Waals surface area contributed by atoms with Crippen LogP contribution in [0.3, 0.4) is 0 Å². The molecule has 5 nitrogen and oxygen atoms in total. The Bertz CT molecular complexity index is 1040. The summed E-state index contributed by atoms with van der Waals surface area (Å²) in [6.45, 7) is 10.4. The Morgan fingerprint density at radius 2 is 1.91 bits per heavy atom. The number of rotatable bonds is 6. The van der Waals surface area contributed by atoms with Gasteiger partial charge >= 0.3 is 6.09 Å². The number of hydrogen-bond acceptors (Lipinski definition) is 3. The van der Waals surface area contributed by atoms with Gasteiger partial charge in [0, 0.05) is 6.54 Å². The molecule has 34 heavy (non-hydrogen) atoms. The van der Waals surface area contributed by atoms with Gasteiger partial charge in [-0.25, -0.2) is 4.79 Å². The van der Waals surface area contributed by atoms with Crippen LogP contribution in [0, 0.1) is 11.3 Å². The lowest BCUT2D eigenvalue weighted by molar-refractivity contribution is -0.0352. The molecule has 0 unspecified atom stereocenters. The lowest BCUT2D eigenvalue weighted by atomic mass is 9.68. The molecule has 3 saturated heterocycles. The van der Waals surface area contributed by atoms with Crippen molar-refractivity contribution in [3.63, 3.8) is 0 Å². The molecular weight excluding hydrogens is 424 g/mol. The number of nitrogens with zero attached hydrogens (tertiary/aromatic N) is 2. The Hall–Kier alpha value is -2.53. The molecule has 6 rings (SSSR count). The van der Waals surface area contributed by atoms with Crippen LogP contribution in [0.1, 0.15) is 63.6 Å². The standard InChI is InChI=1S/C29H38N2O3/c1-4-16-34-24-7-5-6-21(18-24)22-8-9-25-23(17-22)10-13-29(2,3)27(25)31(28(32)33)26-19-30-14-11-20(26)12-15-30/h5-9,17-18,20,26-27H,4,10-16,19H2,1-3H3,(H,32,33)/t26-,27+/m1/s1. The van der Waals surface area contributed by atoms with Crippen molar-refractivity contribution in [1.82, 2.24) is 9.80 Å². The van der Waals surface area contributed by atoms with Crippen LogP contribution in [-0.2, 0) is 6.42 Å². The van der Waals surface area contributed by atoms with E-state index in [-0.39, 0.29) is 17.5 Å². The number of amides is 1. The van der Waals surface area contributed by atoms with Gasteiger partial charge in [-0.05, 0) is 90.9 Å². The minimum Gasteiger partial charge on any atom is -0.494 e. The monoisotopic (exact) mass is 462 g/mol. The molecule has 0 saturated carbocycles. The quantitative estimate of drug-likeness (QED) is 0.553. The molecule has 4 aliphatic rings. The number of piperidine rings is 3. The van der Waals surface area contributed by atoms with Crippen molar-refractivity contribution in [1.29, 1.82) is 0 Å². The van der Waals surface area contributed by atoms with Gasteiger partial charge in [-0.2, -0.15) is 0 Å². The van der Waals surface area contributed by atoms with Crippen molar-refractivity contribution >= 4 is 6.09 Å². The second kappa shape index (κ2) is 9.26. The summed E-state index contributed by atoms with van der Waals surface area (Å²) in [4.78, 5) is 17.1. The third-order valence-electron chi connectivity index (χ3n) is 8.33. The molecule has 2 aromatic carbocycles. The van der Waals surface area contributed by atoms with E-state index in [2.05, 4.69) is 56.0 Å². The molecule has 5 heteroatoms. The minimum atomic E-state index is -0.769. The number of carboxylic acid groups (broad SMARTS) is 1. The van der Waals surface area contributed by atoms with Gasteiger partial charge in [0.15, 0.2) is 0 Å². The van der Waals surface area contributed by atoms with Gasteiger partial charge in [0.05, 0.1) is 18.7 Å². The Balaban J connectivity index is 1.50. The summed E-state index contributed by atoms with van der Waals surface area (Å²) in [5.74, 6) is 1.38. The van der Waals surface area contributed by atoms with Crippen molar-refractivity contribution < 1.29 is 14.6 Å². The van der Waals surface area contributed by atoms with Gasteiger partial charge in [0.25, 0.3) is 0 Å². The molecule has 3 aliphatic heterocycles. The first-order chi connectivity index (χ1) is 16.4. The zero-order chi connectivity index (χ0) is 23.9. The number of carbonyl (C=O) groups is 1. The summed E-state index contributed by atoms with van der Waals surface area (Å²) >= 11 is 0. The first-order valence-corrected chi connectivity index (χ1v) is 13.0.